The van der Waals surface area contributed by atoms with Gasteiger partial charge in [0.15, 0.2) is 0 Å². The van der Waals surface area contributed by atoms with Crippen molar-refractivity contribution in [3.05, 3.63) is 12.2 Å². The third kappa shape index (κ3) is 3.74. The van der Waals surface area contributed by atoms with Gasteiger partial charge in [0, 0.05) is 25.9 Å². The number of hydrogen-bond acceptors (Lipinski definition) is 4. The van der Waals surface area contributed by atoms with Crippen LogP contribution in [0.15, 0.2) is 12.2 Å². The molecule has 4 nitrogen and oxygen atoms in total. The summed E-state index contributed by atoms with van der Waals surface area (Å²) >= 11 is 0. The molecular formula is C17H28O4. The highest BCUT2D eigenvalue weighted by Gasteiger charge is 2.40. The van der Waals surface area contributed by atoms with Crippen LogP contribution in [0, 0.1) is 11.8 Å². The quantitative estimate of drug-likeness (QED) is 0.558. The van der Waals surface area contributed by atoms with E-state index in [-0.39, 0.29) is 24.2 Å². The van der Waals surface area contributed by atoms with Gasteiger partial charge in [-0.15, -0.1) is 0 Å². The molecule has 0 bridgehead atoms. The summed E-state index contributed by atoms with van der Waals surface area (Å²) in [6.07, 6.45) is 4.67. The molecule has 2 aliphatic heterocycles. The van der Waals surface area contributed by atoms with E-state index in [1.807, 2.05) is 0 Å². The maximum Gasteiger partial charge on any atom is 0.120 e. The Morgan fingerprint density at radius 1 is 1.48 bits per heavy atom. The van der Waals surface area contributed by atoms with E-state index in [0.29, 0.717) is 25.0 Å². The van der Waals surface area contributed by atoms with E-state index in [1.54, 1.807) is 7.11 Å². The van der Waals surface area contributed by atoms with Crippen molar-refractivity contribution in [2.24, 2.45) is 11.8 Å². The molecule has 0 N–H and O–H groups in total. The molecule has 120 valence electrons. The van der Waals surface area contributed by atoms with Gasteiger partial charge in [-0.1, -0.05) is 20.4 Å². The molecule has 0 aromatic rings. The van der Waals surface area contributed by atoms with Crippen molar-refractivity contribution in [1.82, 2.24) is 0 Å². The van der Waals surface area contributed by atoms with Gasteiger partial charge in [0.25, 0.3) is 0 Å². The van der Waals surface area contributed by atoms with Gasteiger partial charge in [-0.05, 0) is 24.3 Å². The highest BCUT2D eigenvalue weighted by Crippen LogP contribution is 2.36. The van der Waals surface area contributed by atoms with E-state index < -0.39 is 0 Å². The topological polar surface area (TPSA) is 44.8 Å². The maximum atomic E-state index is 10.9. The second-order valence-corrected chi connectivity index (χ2v) is 6.31. The fourth-order valence-corrected chi connectivity index (χ4v) is 3.52. The van der Waals surface area contributed by atoms with Crippen molar-refractivity contribution in [2.45, 2.75) is 63.9 Å². The van der Waals surface area contributed by atoms with Gasteiger partial charge in [-0.2, -0.15) is 0 Å². The number of methoxy groups -OCH3 is 1. The first-order valence-electron chi connectivity index (χ1n) is 8.02. The molecule has 0 aromatic heterocycles. The van der Waals surface area contributed by atoms with Gasteiger partial charge in [-0.3, -0.25) is 0 Å². The zero-order valence-electron chi connectivity index (χ0n) is 13.4. The van der Waals surface area contributed by atoms with Crippen molar-refractivity contribution in [1.29, 1.82) is 0 Å². The Morgan fingerprint density at radius 2 is 2.24 bits per heavy atom. The van der Waals surface area contributed by atoms with E-state index in [1.165, 1.54) is 0 Å². The molecule has 6 atom stereocenters. The van der Waals surface area contributed by atoms with Crippen molar-refractivity contribution in [2.75, 3.05) is 13.7 Å². The van der Waals surface area contributed by atoms with Crippen LogP contribution in [-0.2, 0) is 19.0 Å². The number of carbonyl (C=O) groups excluding carboxylic acids is 1. The first-order valence-corrected chi connectivity index (χ1v) is 8.02. The molecule has 0 amide bonds. The molecule has 2 saturated heterocycles. The Labute approximate surface area is 127 Å². The predicted octanol–water partition coefficient (Wildman–Crippen LogP) is 2.76. The van der Waals surface area contributed by atoms with Gasteiger partial charge < -0.3 is 19.0 Å². The largest absolute Gasteiger partial charge is 0.379 e. The van der Waals surface area contributed by atoms with Gasteiger partial charge >= 0.3 is 0 Å². The molecule has 0 aliphatic carbocycles. The van der Waals surface area contributed by atoms with E-state index in [9.17, 15) is 4.79 Å². The lowest BCUT2D eigenvalue weighted by Gasteiger charge is -2.37. The number of rotatable bonds is 6. The Morgan fingerprint density at radius 3 is 2.86 bits per heavy atom. The molecule has 2 aliphatic rings. The number of ether oxygens (including phenoxy) is 3. The SMILES string of the molecule is C=C1[C@H](C)C[C@H](CC)O[C@@H]1C[C@@H]1OC[C@H](OC)[C@H]1CC=O. The van der Waals surface area contributed by atoms with Gasteiger partial charge in [0.05, 0.1) is 31.0 Å². The second-order valence-electron chi connectivity index (χ2n) is 6.31. The minimum atomic E-state index is 0.0106. The van der Waals surface area contributed by atoms with E-state index in [4.69, 9.17) is 14.2 Å². The van der Waals surface area contributed by atoms with Crippen LogP contribution in [0.2, 0.25) is 0 Å². The van der Waals surface area contributed by atoms with Crippen LogP contribution in [-0.4, -0.2) is 44.4 Å². The van der Waals surface area contributed by atoms with E-state index >= 15 is 0 Å². The first kappa shape index (κ1) is 16.7. The number of aldehydes is 1. The predicted molar refractivity (Wildman–Crippen MR) is 81.2 cm³/mol. The van der Waals surface area contributed by atoms with Crippen LogP contribution in [0.1, 0.15) is 39.5 Å². The van der Waals surface area contributed by atoms with Crippen LogP contribution in [0.25, 0.3) is 0 Å². The van der Waals surface area contributed by atoms with Crippen molar-refractivity contribution < 1.29 is 19.0 Å². The lowest BCUT2D eigenvalue weighted by Crippen LogP contribution is -2.37. The monoisotopic (exact) mass is 296 g/mol. The van der Waals surface area contributed by atoms with E-state index in [2.05, 4.69) is 20.4 Å². The molecule has 2 fully saturated rings. The Hall–Kier alpha value is -0.710. The fraction of sp³-hybridized carbons (Fsp3) is 0.824. The highest BCUT2D eigenvalue weighted by atomic mass is 16.6. The van der Waals surface area contributed by atoms with Gasteiger partial charge in [-0.25, -0.2) is 0 Å². The molecule has 0 unspecified atom stereocenters. The Kier molecular flexibility index (Phi) is 5.97. The zero-order valence-corrected chi connectivity index (χ0v) is 13.4. The summed E-state index contributed by atoms with van der Waals surface area (Å²) in [5, 5.41) is 0. The molecule has 2 rings (SSSR count). The Balaban J connectivity index is 2.01. The summed E-state index contributed by atoms with van der Waals surface area (Å²) in [7, 11) is 1.68. The van der Waals surface area contributed by atoms with Crippen molar-refractivity contribution in [3.63, 3.8) is 0 Å². The number of carbonyl (C=O) groups is 1. The van der Waals surface area contributed by atoms with Crippen LogP contribution in [0.5, 0.6) is 0 Å². The average Bonchev–Trinajstić information content (AvgIpc) is 2.86. The maximum absolute atomic E-state index is 10.9. The van der Waals surface area contributed by atoms with Gasteiger partial charge in [0.2, 0.25) is 0 Å². The summed E-state index contributed by atoms with van der Waals surface area (Å²) in [5.41, 5.74) is 1.16. The summed E-state index contributed by atoms with van der Waals surface area (Å²) in [6.45, 7) is 9.15. The molecule has 0 spiro atoms. The molecule has 4 heteroatoms. The summed E-state index contributed by atoms with van der Waals surface area (Å²) in [4.78, 5) is 10.9. The molecule has 2 heterocycles. The summed E-state index contributed by atoms with van der Waals surface area (Å²) < 4.78 is 17.5. The van der Waals surface area contributed by atoms with Crippen LogP contribution in [0.4, 0.5) is 0 Å². The molecule has 21 heavy (non-hydrogen) atoms. The molecule has 0 saturated carbocycles. The second kappa shape index (κ2) is 7.52. The van der Waals surface area contributed by atoms with Gasteiger partial charge in [0.1, 0.15) is 6.29 Å². The number of hydrogen-bond donors (Lipinski definition) is 0. The zero-order chi connectivity index (χ0) is 15.4. The first-order chi connectivity index (χ1) is 10.1. The highest BCUT2D eigenvalue weighted by molar-refractivity contribution is 5.50. The minimum Gasteiger partial charge on any atom is -0.379 e. The van der Waals surface area contributed by atoms with E-state index in [0.717, 1.165) is 31.1 Å². The molecule has 0 aromatic carbocycles. The standard InChI is InChI=1S/C17H28O4/c1-5-13-8-11(2)12(3)15(21-13)9-16-14(6-7-18)17(19-4)10-20-16/h7,11,13-17H,3,5-6,8-10H2,1-2,4H3/t11-,13+,14+,15-,16+,17+/m1/s1. The average molecular weight is 296 g/mol. The van der Waals surface area contributed by atoms with Crippen LogP contribution < -0.4 is 0 Å². The summed E-state index contributed by atoms with van der Waals surface area (Å²) in [5.74, 6) is 0.610. The fourth-order valence-electron chi connectivity index (χ4n) is 3.52. The van der Waals surface area contributed by atoms with Crippen LogP contribution >= 0.6 is 0 Å². The smallest absolute Gasteiger partial charge is 0.120 e. The van der Waals surface area contributed by atoms with Crippen LogP contribution in [0.3, 0.4) is 0 Å². The normalized spacial score (nSPS) is 40.4. The Bertz CT molecular complexity index is 368. The third-order valence-corrected chi connectivity index (χ3v) is 5.02. The van der Waals surface area contributed by atoms with Crippen molar-refractivity contribution >= 4 is 6.29 Å². The van der Waals surface area contributed by atoms with Crippen molar-refractivity contribution in [3.8, 4) is 0 Å². The minimum absolute atomic E-state index is 0.0106. The third-order valence-electron chi connectivity index (χ3n) is 5.02. The lowest BCUT2D eigenvalue weighted by atomic mass is 9.83. The summed E-state index contributed by atoms with van der Waals surface area (Å²) in [6, 6.07) is 0. The lowest BCUT2D eigenvalue weighted by molar-refractivity contribution is -0.110. The molecule has 0 radical (unpaired) electrons. The molecular weight excluding hydrogens is 268 g/mol.